The SMILES string of the molecule is CC(Br)CCN(C)C(=O)c1ccnnc1. The molecule has 0 aliphatic carbocycles. The molecule has 82 valence electrons. The summed E-state index contributed by atoms with van der Waals surface area (Å²) >= 11 is 3.45. The van der Waals surface area contributed by atoms with Crippen molar-refractivity contribution in [1.29, 1.82) is 0 Å². The molecule has 0 saturated carbocycles. The van der Waals surface area contributed by atoms with E-state index in [2.05, 4.69) is 33.1 Å². The molecule has 0 fully saturated rings. The number of nitrogens with zero attached hydrogens (tertiary/aromatic N) is 3. The molecule has 1 atom stereocenters. The standard InChI is InChI=1S/C10H14BrN3O/c1-8(11)4-6-14(2)10(15)9-3-5-12-13-7-9/h3,5,7-8H,4,6H2,1-2H3. The van der Waals surface area contributed by atoms with Gasteiger partial charge in [0.2, 0.25) is 0 Å². The minimum absolute atomic E-state index is 0.0157. The Morgan fingerprint density at radius 1 is 1.60 bits per heavy atom. The first-order chi connectivity index (χ1) is 7.11. The van der Waals surface area contributed by atoms with Crippen molar-refractivity contribution in [3.8, 4) is 0 Å². The Labute approximate surface area is 97.8 Å². The second-order valence-electron chi connectivity index (χ2n) is 3.43. The summed E-state index contributed by atoms with van der Waals surface area (Å²) in [5, 5.41) is 7.31. The summed E-state index contributed by atoms with van der Waals surface area (Å²) in [6, 6.07) is 1.67. The Balaban J connectivity index is 2.54. The maximum atomic E-state index is 11.8. The van der Waals surface area contributed by atoms with Crippen LogP contribution in [0.15, 0.2) is 18.5 Å². The Bertz CT molecular complexity index is 316. The number of carbonyl (C=O) groups is 1. The van der Waals surface area contributed by atoms with Crippen molar-refractivity contribution in [2.24, 2.45) is 0 Å². The number of amides is 1. The zero-order valence-corrected chi connectivity index (χ0v) is 10.4. The van der Waals surface area contributed by atoms with Crippen molar-refractivity contribution in [3.05, 3.63) is 24.0 Å². The molecule has 1 aromatic rings. The van der Waals surface area contributed by atoms with Gasteiger partial charge >= 0.3 is 0 Å². The van der Waals surface area contributed by atoms with Crippen LogP contribution in [-0.2, 0) is 0 Å². The van der Waals surface area contributed by atoms with Crippen LogP contribution in [0.25, 0.3) is 0 Å². The predicted octanol–water partition coefficient (Wildman–Crippen LogP) is 1.72. The highest BCUT2D eigenvalue weighted by Crippen LogP contribution is 2.06. The van der Waals surface area contributed by atoms with E-state index in [9.17, 15) is 4.79 Å². The van der Waals surface area contributed by atoms with Crippen molar-refractivity contribution < 1.29 is 4.79 Å². The Morgan fingerprint density at radius 2 is 2.33 bits per heavy atom. The lowest BCUT2D eigenvalue weighted by Gasteiger charge is -2.17. The van der Waals surface area contributed by atoms with E-state index < -0.39 is 0 Å². The molecule has 0 aliphatic rings. The van der Waals surface area contributed by atoms with Gasteiger partial charge in [0.15, 0.2) is 0 Å². The van der Waals surface area contributed by atoms with Crippen LogP contribution in [0.3, 0.4) is 0 Å². The topological polar surface area (TPSA) is 46.1 Å². The van der Waals surface area contributed by atoms with E-state index in [1.807, 2.05) is 0 Å². The van der Waals surface area contributed by atoms with Crippen molar-refractivity contribution in [1.82, 2.24) is 15.1 Å². The van der Waals surface area contributed by atoms with Gasteiger partial charge in [0.05, 0.1) is 18.0 Å². The molecule has 0 N–H and O–H groups in total. The lowest BCUT2D eigenvalue weighted by Crippen LogP contribution is -2.28. The van der Waals surface area contributed by atoms with Gasteiger partial charge in [-0.1, -0.05) is 22.9 Å². The molecular weight excluding hydrogens is 258 g/mol. The maximum absolute atomic E-state index is 11.8. The highest BCUT2D eigenvalue weighted by Gasteiger charge is 2.11. The smallest absolute Gasteiger partial charge is 0.255 e. The second-order valence-corrected chi connectivity index (χ2v) is 4.99. The van der Waals surface area contributed by atoms with Crippen LogP contribution in [0.5, 0.6) is 0 Å². The van der Waals surface area contributed by atoms with Crippen LogP contribution >= 0.6 is 15.9 Å². The Kier molecular flexibility index (Phi) is 4.68. The van der Waals surface area contributed by atoms with Gasteiger partial charge in [0.25, 0.3) is 5.91 Å². The van der Waals surface area contributed by atoms with Crippen LogP contribution in [0.2, 0.25) is 0 Å². The molecule has 0 saturated heterocycles. The van der Waals surface area contributed by atoms with Crippen LogP contribution in [0.4, 0.5) is 0 Å². The number of aromatic nitrogens is 2. The third-order valence-electron chi connectivity index (χ3n) is 2.04. The minimum Gasteiger partial charge on any atom is -0.342 e. The van der Waals surface area contributed by atoms with Gasteiger partial charge in [-0.25, -0.2) is 0 Å². The van der Waals surface area contributed by atoms with E-state index >= 15 is 0 Å². The molecule has 0 aromatic carbocycles. The van der Waals surface area contributed by atoms with Gasteiger partial charge in [-0.15, -0.1) is 0 Å². The monoisotopic (exact) mass is 271 g/mol. The van der Waals surface area contributed by atoms with Gasteiger partial charge < -0.3 is 4.90 Å². The molecule has 1 unspecified atom stereocenters. The summed E-state index contributed by atoms with van der Waals surface area (Å²) in [5.41, 5.74) is 0.578. The van der Waals surface area contributed by atoms with Crippen molar-refractivity contribution in [2.75, 3.05) is 13.6 Å². The van der Waals surface area contributed by atoms with Gasteiger partial charge in [-0.2, -0.15) is 10.2 Å². The van der Waals surface area contributed by atoms with Crippen molar-refractivity contribution in [3.63, 3.8) is 0 Å². The molecule has 0 bridgehead atoms. The number of halogens is 1. The summed E-state index contributed by atoms with van der Waals surface area (Å²) in [5.74, 6) is -0.0157. The molecule has 0 spiro atoms. The molecule has 5 heteroatoms. The Morgan fingerprint density at radius 3 is 2.87 bits per heavy atom. The van der Waals surface area contributed by atoms with Crippen LogP contribution in [-0.4, -0.2) is 39.4 Å². The number of carbonyl (C=O) groups excluding carboxylic acids is 1. The quantitative estimate of drug-likeness (QED) is 0.784. The first-order valence-corrected chi connectivity index (χ1v) is 5.69. The molecule has 15 heavy (non-hydrogen) atoms. The maximum Gasteiger partial charge on any atom is 0.255 e. The van der Waals surface area contributed by atoms with Gasteiger partial charge in [-0.05, 0) is 12.5 Å². The van der Waals surface area contributed by atoms with Crippen LogP contribution in [0.1, 0.15) is 23.7 Å². The predicted molar refractivity (Wildman–Crippen MR) is 62.0 cm³/mol. The summed E-state index contributed by atoms with van der Waals surface area (Å²) in [7, 11) is 1.79. The summed E-state index contributed by atoms with van der Waals surface area (Å²) in [6.07, 6.45) is 3.94. The third-order valence-corrected chi connectivity index (χ3v) is 2.50. The van der Waals surface area contributed by atoms with Crippen molar-refractivity contribution in [2.45, 2.75) is 18.2 Å². The van der Waals surface area contributed by atoms with E-state index in [0.717, 1.165) is 13.0 Å². The number of rotatable bonds is 4. The lowest BCUT2D eigenvalue weighted by atomic mass is 10.2. The average Bonchev–Trinajstić information content (AvgIpc) is 2.26. The van der Waals surface area contributed by atoms with Gasteiger partial charge in [0, 0.05) is 18.4 Å². The first-order valence-electron chi connectivity index (χ1n) is 4.77. The Hall–Kier alpha value is -0.970. The molecule has 1 aromatic heterocycles. The fourth-order valence-electron chi connectivity index (χ4n) is 1.11. The zero-order valence-electron chi connectivity index (χ0n) is 8.85. The summed E-state index contributed by atoms with van der Waals surface area (Å²) < 4.78 is 0. The molecular formula is C10H14BrN3O. The van der Waals surface area contributed by atoms with Gasteiger partial charge in [0.1, 0.15) is 0 Å². The molecule has 1 rings (SSSR count). The molecule has 0 radical (unpaired) electrons. The third kappa shape index (κ3) is 3.95. The molecule has 0 aliphatic heterocycles. The normalized spacial score (nSPS) is 12.2. The van der Waals surface area contributed by atoms with Gasteiger partial charge in [-0.3, -0.25) is 4.79 Å². The van der Waals surface area contributed by atoms with E-state index in [1.165, 1.54) is 12.4 Å². The fraction of sp³-hybridized carbons (Fsp3) is 0.500. The highest BCUT2D eigenvalue weighted by molar-refractivity contribution is 9.09. The van der Waals surface area contributed by atoms with E-state index in [0.29, 0.717) is 10.4 Å². The zero-order chi connectivity index (χ0) is 11.3. The van der Waals surface area contributed by atoms with Crippen LogP contribution < -0.4 is 0 Å². The molecule has 4 nitrogen and oxygen atoms in total. The van der Waals surface area contributed by atoms with E-state index in [4.69, 9.17) is 0 Å². The van der Waals surface area contributed by atoms with E-state index in [-0.39, 0.29) is 5.91 Å². The first kappa shape index (κ1) is 12.1. The number of hydrogen-bond donors (Lipinski definition) is 0. The van der Waals surface area contributed by atoms with E-state index in [1.54, 1.807) is 18.0 Å². The molecule has 1 heterocycles. The second kappa shape index (κ2) is 5.80. The molecule has 1 amide bonds. The highest BCUT2D eigenvalue weighted by atomic mass is 79.9. The average molecular weight is 272 g/mol. The number of alkyl halides is 1. The largest absolute Gasteiger partial charge is 0.342 e. The fourth-order valence-corrected chi connectivity index (χ4v) is 1.32. The van der Waals surface area contributed by atoms with Crippen LogP contribution in [0, 0.1) is 0 Å². The number of hydrogen-bond acceptors (Lipinski definition) is 3. The van der Waals surface area contributed by atoms with Crippen molar-refractivity contribution >= 4 is 21.8 Å². The summed E-state index contributed by atoms with van der Waals surface area (Å²) in [6.45, 7) is 2.79. The minimum atomic E-state index is -0.0157. The summed E-state index contributed by atoms with van der Waals surface area (Å²) in [4.78, 5) is 13.9. The lowest BCUT2D eigenvalue weighted by molar-refractivity contribution is 0.0793.